The van der Waals surface area contributed by atoms with E-state index < -0.39 is 0 Å². The number of esters is 1. The van der Waals surface area contributed by atoms with Gasteiger partial charge in [-0.15, -0.1) is 0 Å². The number of aryl methyl sites for hydroxylation is 1. The van der Waals surface area contributed by atoms with Gasteiger partial charge in [-0.05, 0) is 106 Å². The van der Waals surface area contributed by atoms with Crippen LogP contribution in [0.15, 0.2) is 35.9 Å². The first kappa shape index (κ1) is 21.7. The predicted octanol–water partition coefficient (Wildman–Crippen LogP) is 5.82. The van der Waals surface area contributed by atoms with Crippen molar-refractivity contribution in [3.63, 3.8) is 0 Å². The number of hydrogen-bond donors (Lipinski definition) is 0. The van der Waals surface area contributed by atoms with Gasteiger partial charge in [0, 0.05) is 11.8 Å². The molecule has 6 atom stereocenters. The van der Waals surface area contributed by atoms with E-state index in [1.807, 2.05) is 37.3 Å². The standard InChI is InChI=1S/C28H36O4/c1-3-28-14-13-23-22-10-8-20(29)16-19(22)7-9-24(23)25(28)11-12-26(28)32-27(30)17-31-21-6-4-5-18(2)15-21/h4-6,15-16,22-26H,3,7-14,17H2,1-2H3. The van der Waals surface area contributed by atoms with Crippen molar-refractivity contribution >= 4 is 11.8 Å². The Morgan fingerprint density at radius 1 is 1.09 bits per heavy atom. The van der Waals surface area contributed by atoms with E-state index in [1.165, 1.54) is 18.4 Å². The summed E-state index contributed by atoms with van der Waals surface area (Å²) >= 11 is 0. The molecule has 32 heavy (non-hydrogen) atoms. The number of ether oxygens (including phenoxy) is 2. The molecule has 3 fully saturated rings. The number of fused-ring (bicyclic) bond motifs is 5. The van der Waals surface area contributed by atoms with E-state index in [4.69, 9.17) is 9.47 Å². The van der Waals surface area contributed by atoms with Gasteiger partial charge in [-0.2, -0.15) is 0 Å². The molecule has 4 aliphatic carbocycles. The maximum Gasteiger partial charge on any atom is 0.344 e. The second-order valence-corrected chi connectivity index (χ2v) is 10.6. The van der Waals surface area contributed by atoms with Crippen LogP contribution in [0.2, 0.25) is 0 Å². The molecule has 0 bridgehead atoms. The molecule has 4 nitrogen and oxygen atoms in total. The fourth-order valence-electron chi connectivity index (χ4n) is 7.83. The Kier molecular flexibility index (Phi) is 5.90. The highest BCUT2D eigenvalue weighted by Gasteiger charge is 2.58. The fourth-order valence-corrected chi connectivity index (χ4v) is 7.83. The van der Waals surface area contributed by atoms with E-state index in [1.54, 1.807) is 0 Å². The molecule has 0 radical (unpaired) electrons. The van der Waals surface area contributed by atoms with Gasteiger partial charge in [0.05, 0.1) is 0 Å². The lowest BCUT2D eigenvalue weighted by Gasteiger charge is -2.54. The average molecular weight is 437 g/mol. The molecule has 0 aliphatic heterocycles. The Hall–Kier alpha value is -2.10. The lowest BCUT2D eigenvalue weighted by Crippen LogP contribution is -2.49. The number of ketones is 1. The number of benzene rings is 1. The smallest absolute Gasteiger partial charge is 0.344 e. The van der Waals surface area contributed by atoms with Gasteiger partial charge < -0.3 is 9.47 Å². The van der Waals surface area contributed by atoms with Crippen molar-refractivity contribution in [2.75, 3.05) is 6.61 Å². The third kappa shape index (κ3) is 3.80. The molecule has 0 heterocycles. The largest absolute Gasteiger partial charge is 0.482 e. The lowest BCUT2D eigenvalue weighted by molar-refractivity contribution is -0.163. The summed E-state index contributed by atoms with van der Waals surface area (Å²) in [4.78, 5) is 24.6. The number of rotatable bonds is 5. The van der Waals surface area contributed by atoms with Gasteiger partial charge in [0.25, 0.3) is 0 Å². The molecular weight excluding hydrogens is 400 g/mol. The summed E-state index contributed by atoms with van der Waals surface area (Å²) in [6, 6.07) is 7.78. The fraction of sp³-hybridized carbons (Fsp3) is 0.643. The van der Waals surface area contributed by atoms with Crippen LogP contribution in [0.4, 0.5) is 0 Å². The molecule has 6 unspecified atom stereocenters. The Morgan fingerprint density at radius 3 is 2.78 bits per heavy atom. The molecule has 0 spiro atoms. The molecule has 1 aromatic rings. The molecule has 5 rings (SSSR count). The number of carbonyl (C=O) groups is 2. The van der Waals surface area contributed by atoms with Crippen molar-refractivity contribution in [1.82, 2.24) is 0 Å². The summed E-state index contributed by atoms with van der Waals surface area (Å²) in [6.45, 7) is 4.28. The van der Waals surface area contributed by atoms with Crippen LogP contribution in [0.1, 0.15) is 70.3 Å². The summed E-state index contributed by atoms with van der Waals surface area (Å²) in [6.07, 6.45) is 11.6. The summed E-state index contributed by atoms with van der Waals surface area (Å²) in [7, 11) is 0. The van der Waals surface area contributed by atoms with Crippen molar-refractivity contribution in [2.24, 2.45) is 29.1 Å². The molecule has 0 aromatic heterocycles. The first-order valence-corrected chi connectivity index (χ1v) is 12.6. The lowest BCUT2D eigenvalue weighted by atomic mass is 9.51. The average Bonchev–Trinajstić information content (AvgIpc) is 3.16. The Bertz CT molecular complexity index is 918. The maximum atomic E-state index is 12.7. The second-order valence-electron chi connectivity index (χ2n) is 10.6. The van der Waals surface area contributed by atoms with Gasteiger partial charge in [0.15, 0.2) is 12.4 Å². The number of hydrogen-bond acceptors (Lipinski definition) is 4. The Morgan fingerprint density at radius 2 is 1.97 bits per heavy atom. The quantitative estimate of drug-likeness (QED) is 0.546. The highest BCUT2D eigenvalue weighted by Crippen LogP contribution is 2.63. The van der Waals surface area contributed by atoms with Gasteiger partial charge in [-0.25, -0.2) is 4.79 Å². The van der Waals surface area contributed by atoms with Crippen molar-refractivity contribution < 1.29 is 19.1 Å². The SMILES string of the molecule is CCC12CCC3C4CCC(=O)C=C4CCC3C1CCC2OC(=O)COc1cccc(C)c1. The monoisotopic (exact) mass is 436 g/mol. The maximum absolute atomic E-state index is 12.7. The predicted molar refractivity (Wildman–Crippen MR) is 123 cm³/mol. The Labute approximate surface area is 191 Å². The summed E-state index contributed by atoms with van der Waals surface area (Å²) in [5, 5.41) is 0. The minimum absolute atomic E-state index is 0.0110. The highest BCUT2D eigenvalue weighted by molar-refractivity contribution is 5.91. The van der Waals surface area contributed by atoms with Gasteiger partial charge in [-0.1, -0.05) is 24.6 Å². The summed E-state index contributed by atoms with van der Waals surface area (Å²) < 4.78 is 11.8. The van der Waals surface area contributed by atoms with Crippen LogP contribution in [0.3, 0.4) is 0 Å². The van der Waals surface area contributed by atoms with Crippen molar-refractivity contribution in [3.8, 4) is 5.75 Å². The van der Waals surface area contributed by atoms with E-state index in [2.05, 4.69) is 6.92 Å². The van der Waals surface area contributed by atoms with E-state index in [0.29, 0.717) is 35.2 Å². The molecular formula is C28H36O4. The minimum Gasteiger partial charge on any atom is -0.482 e. The van der Waals surface area contributed by atoms with E-state index in [-0.39, 0.29) is 24.1 Å². The molecule has 0 saturated heterocycles. The topological polar surface area (TPSA) is 52.6 Å². The zero-order valence-electron chi connectivity index (χ0n) is 19.5. The van der Waals surface area contributed by atoms with E-state index in [0.717, 1.165) is 50.5 Å². The molecule has 1 aromatic carbocycles. The normalized spacial score (nSPS) is 35.9. The van der Waals surface area contributed by atoms with Gasteiger partial charge in [0.1, 0.15) is 11.9 Å². The Balaban J connectivity index is 1.26. The molecule has 0 N–H and O–H groups in total. The van der Waals surface area contributed by atoms with Crippen LogP contribution >= 0.6 is 0 Å². The van der Waals surface area contributed by atoms with Gasteiger partial charge in [-0.3, -0.25) is 4.79 Å². The summed E-state index contributed by atoms with van der Waals surface area (Å²) in [5.41, 5.74) is 2.66. The second kappa shape index (κ2) is 8.68. The third-order valence-electron chi connectivity index (χ3n) is 9.22. The first-order chi connectivity index (χ1) is 15.5. The molecule has 4 heteroatoms. The van der Waals surface area contributed by atoms with Crippen LogP contribution in [0, 0.1) is 36.0 Å². The third-order valence-corrected chi connectivity index (χ3v) is 9.22. The highest BCUT2D eigenvalue weighted by atomic mass is 16.6. The van der Waals surface area contributed by atoms with Crippen molar-refractivity contribution in [2.45, 2.75) is 77.7 Å². The van der Waals surface area contributed by atoms with Crippen LogP contribution in [0.25, 0.3) is 0 Å². The molecule has 3 saturated carbocycles. The summed E-state index contributed by atoms with van der Waals surface area (Å²) in [5.74, 6) is 3.49. The van der Waals surface area contributed by atoms with Crippen LogP contribution < -0.4 is 4.74 Å². The van der Waals surface area contributed by atoms with Crippen molar-refractivity contribution in [1.29, 1.82) is 0 Å². The van der Waals surface area contributed by atoms with Gasteiger partial charge in [0.2, 0.25) is 0 Å². The molecule has 172 valence electrons. The minimum atomic E-state index is -0.244. The first-order valence-electron chi connectivity index (χ1n) is 12.6. The van der Waals surface area contributed by atoms with E-state index in [9.17, 15) is 9.59 Å². The van der Waals surface area contributed by atoms with Crippen LogP contribution in [0.5, 0.6) is 5.75 Å². The van der Waals surface area contributed by atoms with Crippen LogP contribution in [-0.4, -0.2) is 24.5 Å². The zero-order valence-corrected chi connectivity index (χ0v) is 19.5. The molecule has 4 aliphatic rings. The molecule has 0 amide bonds. The number of allylic oxidation sites excluding steroid dienone is 1. The van der Waals surface area contributed by atoms with Crippen molar-refractivity contribution in [3.05, 3.63) is 41.5 Å². The zero-order chi connectivity index (χ0) is 22.3. The number of carbonyl (C=O) groups excluding carboxylic acids is 2. The van der Waals surface area contributed by atoms with Gasteiger partial charge >= 0.3 is 5.97 Å². The van der Waals surface area contributed by atoms with Crippen LogP contribution in [-0.2, 0) is 14.3 Å². The van der Waals surface area contributed by atoms with E-state index >= 15 is 0 Å².